The Labute approximate surface area is 90.4 Å². The average Bonchev–Trinajstić information content (AvgIpc) is 2.26. The lowest BCUT2D eigenvalue weighted by Crippen LogP contribution is -2.15. The number of rotatable bonds is 4. The predicted octanol–water partition coefficient (Wildman–Crippen LogP) is 2.14. The highest BCUT2D eigenvalue weighted by atomic mass is 16.5. The van der Waals surface area contributed by atoms with Gasteiger partial charge in [0.05, 0.1) is 7.11 Å². The zero-order valence-corrected chi connectivity index (χ0v) is 9.46. The maximum absolute atomic E-state index is 10.9. The van der Waals surface area contributed by atoms with E-state index in [1.54, 1.807) is 0 Å². The fourth-order valence-electron chi connectivity index (χ4n) is 1.38. The molecule has 0 atom stereocenters. The van der Waals surface area contributed by atoms with Crippen LogP contribution in [-0.2, 0) is 16.0 Å². The third-order valence-electron chi connectivity index (χ3n) is 2.35. The van der Waals surface area contributed by atoms with Crippen LogP contribution in [-0.4, -0.2) is 19.6 Å². The van der Waals surface area contributed by atoms with Crippen molar-refractivity contribution in [1.29, 1.82) is 0 Å². The van der Waals surface area contributed by atoms with Crippen LogP contribution in [0.3, 0.4) is 0 Å². The van der Waals surface area contributed by atoms with Crippen molar-refractivity contribution in [2.24, 2.45) is 0 Å². The Kier molecular flexibility index (Phi) is 4.16. The monoisotopic (exact) mass is 207 g/mol. The molecule has 15 heavy (non-hydrogen) atoms. The lowest BCUT2D eigenvalue weighted by atomic mass is 10.1. The molecule has 3 heteroatoms. The fourth-order valence-corrected chi connectivity index (χ4v) is 1.38. The molecular formula is C12H17NO2. The van der Waals surface area contributed by atoms with Crippen LogP contribution in [0.4, 0.5) is 5.69 Å². The maximum Gasteiger partial charge on any atom is 0.325 e. The van der Waals surface area contributed by atoms with E-state index in [-0.39, 0.29) is 12.5 Å². The summed E-state index contributed by atoms with van der Waals surface area (Å²) in [7, 11) is 1.39. The highest BCUT2D eigenvalue weighted by molar-refractivity contribution is 5.75. The molecule has 0 radical (unpaired) electrons. The number of aryl methyl sites for hydroxylation is 2. The van der Waals surface area contributed by atoms with E-state index < -0.39 is 0 Å². The molecule has 0 aliphatic carbocycles. The van der Waals surface area contributed by atoms with Crippen molar-refractivity contribution < 1.29 is 9.53 Å². The standard InChI is InChI=1S/C12H17NO2/c1-4-10-5-6-11(9(2)7-10)13-8-12(14)15-3/h5-7,13H,4,8H2,1-3H3. The number of hydrogen-bond acceptors (Lipinski definition) is 3. The predicted molar refractivity (Wildman–Crippen MR) is 61.1 cm³/mol. The number of carbonyl (C=O) groups is 1. The first kappa shape index (κ1) is 11.6. The summed E-state index contributed by atoms with van der Waals surface area (Å²) in [5, 5.41) is 3.04. The molecule has 0 amide bonds. The third-order valence-corrected chi connectivity index (χ3v) is 2.35. The lowest BCUT2D eigenvalue weighted by Gasteiger charge is -2.09. The van der Waals surface area contributed by atoms with Gasteiger partial charge in [-0.15, -0.1) is 0 Å². The number of nitrogens with one attached hydrogen (secondary N) is 1. The van der Waals surface area contributed by atoms with E-state index in [1.807, 2.05) is 13.0 Å². The van der Waals surface area contributed by atoms with Crippen LogP contribution < -0.4 is 5.32 Å². The van der Waals surface area contributed by atoms with Crippen molar-refractivity contribution in [3.63, 3.8) is 0 Å². The number of ether oxygens (including phenoxy) is 1. The van der Waals surface area contributed by atoms with Crippen LogP contribution in [0, 0.1) is 6.92 Å². The minimum absolute atomic E-state index is 0.211. The number of hydrogen-bond donors (Lipinski definition) is 1. The highest BCUT2D eigenvalue weighted by Gasteiger charge is 2.02. The maximum atomic E-state index is 10.9. The van der Waals surface area contributed by atoms with Gasteiger partial charge in [0, 0.05) is 5.69 Å². The quantitative estimate of drug-likeness (QED) is 0.769. The van der Waals surface area contributed by atoms with Crippen LogP contribution >= 0.6 is 0 Å². The minimum Gasteiger partial charge on any atom is -0.468 e. The van der Waals surface area contributed by atoms with Crippen LogP contribution in [0.5, 0.6) is 0 Å². The molecule has 0 saturated carbocycles. The first-order valence-corrected chi connectivity index (χ1v) is 5.07. The summed E-state index contributed by atoms with van der Waals surface area (Å²) >= 11 is 0. The summed E-state index contributed by atoms with van der Waals surface area (Å²) in [5.74, 6) is -0.256. The van der Waals surface area contributed by atoms with Crippen LogP contribution in [0.25, 0.3) is 0 Å². The van der Waals surface area contributed by atoms with E-state index in [2.05, 4.69) is 29.1 Å². The highest BCUT2D eigenvalue weighted by Crippen LogP contribution is 2.16. The van der Waals surface area contributed by atoms with Gasteiger partial charge in [0.25, 0.3) is 0 Å². The summed E-state index contributed by atoms with van der Waals surface area (Å²) in [4.78, 5) is 10.9. The number of esters is 1. The van der Waals surface area contributed by atoms with Gasteiger partial charge in [0.1, 0.15) is 6.54 Å². The molecule has 0 saturated heterocycles. The van der Waals surface area contributed by atoms with E-state index >= 15 is 0 Å². The van der Waals surface area contributed by atoms with Crippen molar-refractivity contribution in [1.82, 2.24) is 0 Å². The average molecular weight is 207 g/mol. The molecule has 0 heterocycles. The zero-order valence-electron chi connectivity index (χ0n) is 9.46. The molecule has 0 aliphatic heterocycles. The molecule has 3 nitrogen and oxygen atoms in total. The largest absolute Gasteiger partial charge is 0.468 e. The SMILES string of the molecule is CCc1ccc(NCC(=O)OC)c(C)c1. The summed E-state index contributed by atoms with van der Waals surface area (Å²) in [6.07, 6.45) is 1.03. The second-order valence-electron chi connectivity index (χ2n) is 3.43. The first-order valence-electron chi connectivity index (χ1n) is 5.07. The van der Waals surface area contributed by atoms with Gasteiger partial charge in [-0.1, -0.05) is 19.1 Å². The summed E-state index contributed by atoms with van der Waals surface area (Å²) in [5.41, 5.74) is 3.44. The van der Waals surface area contributed by atoms with Gasteiger partial charge < -0.3 is 10.1 Å². The number of methoxy groups -OCH3 is 1. The Morgan fingerprint density at radius 1 is 1.47 bits per heavy atom. The van der Waals surface area contributed by atoms with Gasteiger partial charge in [-0.3, -0.25) is 4.79 Å². The molecule has 0 aliphatic rings. The molecule has 0 spiro atoms. The molecule has 82 valence electrons. The van der Waals surface area contributed by atoms with Crippen LogP contribution in [0.1, 0.15) is 18.1 Å². The van der Waals surface area contributed by atoms with Crippen LogP contribution in [0.2, 0.25) is 0 Å². The Morgan fingerprint density at radius 2 is 2.20 bits per heavy atom. The lowest BCUT2D eigenvalue weighted by molar-refractivity contribution is -0.138. The topological polar surface area (TPSA) is 38.3 Å². The van der Waals surface area contributed by atoms with Crippen molar-refractivity contribution in [3.05, 3.63) is 29.3 Å². The Hall–Kier alpha value is -1.51. The molecular weight excluding hydrogens is 190 g/mol. The van der Waals surface area contributed by atoms with Gasteiger partial charge in [-0.05, 0) is 30.5 Å². The summed E-state index contributed by atoms with van der Waals surface area (Å²) in [6.45, 7) is 4.36. The van der Waals surface area contributed by atoms with E-state index in [0.29, 0.717) is 0 Å². The first-order chi connectivity index (χ1) is 7.17. The van der Waals surface area contributed by atoms with Crippen molar-refractivity contribution in [3.8, 4) is 0 Å². The molecule has 1 rings (SSSR count). The van der Waals surface area contributed by atoms with Gasteiger partial charge in [-0.25, -0.2) is 0 Å². The number of anilines is 1. The van der Waals surface area contributed by atoms with E-state index in [4.69, 9.17) is 0 Å². The normalized spacial score (nSPS) is 9.80. The summed E-state index contributed by atoms with van der Waals surface area (Å²) < 4.78 is 4.56. The second-order valence-corrected chi connectivity index (χ2v) is 3.43. The molecule has 0 aromatic heterocycles. The van der Waals surface area contributed by atoms with E-state index in [0.717, 1.165) is 17.7 Å². The molecule has 0 unspecified atom stereocenters. The second kappa shape index (κ2) is 5.39. The number of benzene rings is 1. The Morgan fingerprint density at radius 3 is 2.73 bits per heavy atom. The number of carbonyl (C=O) groups excluding carboxylic acids is 1. The van der Waals surface area contributed by atoms with Crippen LogP contribution in [0.15, 0.2) is 18.2 Å². The van der Waals surface area contributed by atoms with Crippen molar-refractivity contribution in [2.45, 2.75) is 20.3 Å². The molecule has 1 aromatic carbocycles. The van der Waals surface area contributed by atoms with Crippen molar-refractivity contribution in [2.75, 3.05) is 19.0 Å². The smallest absolute Gasteiger partial charge is 0.325 e. The van der Waals surface area contributed by atoms with E-state index in [9.17, 15) is 4.79 Å². The molecule has 0 bridgehead atoms. The zero-order chi connectivity index (χ0) is 11.3. The molecule has 0 fully saturated rings. The van der Waals surface area contributed by atoms with E-state index in [1.165, 1.54) is 12.7 Å². The Bertz CT molecular complexity index is 347. The van der Waals surface area contributed by atoms with Gasteiger partial charge in [0.15, 0.2) is 0 Å². The van der Waals surface area contributed by atoms with Gasteiger partial charge in [-0.2, -0.15) is 0 Å². The molecule has 1 N–H and O–H groups in total. The summed E-state index contributed by atoms with van der Waals surface area (Å²) in [6, 6.07) is 6.18. The molecule has 1 aromatic rings. The van der Waals surface area contributed by atoms with Gasteiger partial charge >= 0.3 is 5.97 Å². The van der Waals surface area contributed by atoms with Gasteiger partial charge in [0.2, 0.25) is 0 Å². The van der Waals surface area contributed by atoms with Crippen molar-refractivity contribution >= 4 is 11.7 Å². The third kappa shape index (κ3) is 3.27. The fraction of sp³-hybridized carbons (Fsp3) is 0.417. The Balaban J connectivity index is 2.66. The minimum atomic E-state index is -0.256.